The third-order valence-corrected chi connectivity index (χ3v) is 1.57. The first-order valence-electron chi connectivity index (χ1n) is 4.75. The van der Waals surface area contributed by atoms with Crippen LogP contribution in [-0.4, -0.2) is 6.17 Å². The summed E-state index contributed by atoms with van der Waals surface area (Å²) in [5, 5.41) is 0. The minimum absolute atomic E-state index is 0.0958. The molecule has 1 heterocycles. The number of nitrogens with two attached hydrogens (primary N) is 2. The first kappa shape index (κ1) is 12.2. The smallest absolute Gasteiger partial charge is 0.0902 e. The molecule has 13 heavy (non-hydrogen) atoms. The predicted molar refractivity (Wildman–Crippen MR) is 55.0 cm³/mol. The Morgan fingerprint density at radius 2 is 1.77 bits per heavy atom. The topological polar surface area (TPSA) is 65.2 Å². The summed E-state index contributed by atoms with van der Waals surface area (Å²) in [7, 11) is 0. The largest absolute Gasteiger partial charge is 0.473 e. The lowest BCUT2D eigenvalue weighted by molar-refractivity contribution is 0.567. The monoisotopic (exact) mass is 184 g/mol. The lowest BCUT2D eigenvalue weighted by atomic mass is 10.2. The van der Waals surface area contributed by atoms with Crippen molar-refractivity contribution in [2.45, 2.75) is 38.8 Å². The van der Waals surface area contributed by atoms with E-state index >= 15 is 0 Å². The van der Waals surface area contributed by atoms with Gasteiger partial charge in [-0.1, -0.05) is 26.2 Å². The van der Waals surface area contributed by atoms with Crippen LogP contribution in [0.15, 0.2) is 29.1 Å². The van der Waals surface area contributed by atoms with E-state index < -0.39 is 0 Å². The first-order valence-corrected chi connectivity index (χ1v) is 4.75. The van der Waals surface area contributed by atoms with E-state index in [0.29, 0.717) is 0 Å². The highest BCUT2D eigenvalue weighted by molar-refractivity contribution is 4.79. The molecule has 0 aliphatic rings. The zero-order valence-electron chi connectivity index (χ0n) is 8.28. The number of hydrogen-bond acceptors (Lipinski definition) is 3. The highest BCUT2D eigenvalue weighted by Crippen LogP contribution is 1.97. The van der Waals surface area contributed by atoms with Gasteiger partial charge in [0, 0.05) is 0 Å². The Hall–Kier alpha value is -0.800. The molecule has 0 aromatic carbocycles. The van der Waals surface area contributed by atoms with Gasteiger partial charge in [0.05, 0.1) is 18.7 Å². The fourth-order valence-electron chi connectivity index (χ4n) is 0.857. The van der Waals surface area contributed by atoms with Gasteiger partial charge >= 0.3 is 0 Å². The molecule has 0 spiro atoms. The van der Waals surface area contributed by atoms with Crippen molar-refractivity contribution >= 4 is 0 Å². The Morgan fingerprint density at radius 1 is 1.15 bits per heavy atom. The van der Waals surface area contributed by atoms with Crippen LogP contribution in [0.25, 0.3) is 0 Å². The molecule has 3 nitrogen and oxygen atoms in total. The van der Waals surface area contributed by atoms with Gasteiger partial charge in [0.15, 0.2) is 0 Å². The van der Waals surface area contributed by atoms with E-state index in [1.165, 1.54) is 19.3 Å². The van der Waals surface area contributed by atoms with E-state index in [0.717, 1.165) is 6.42 Å². The molecule has 0 bridgehead atoms. The summed E-state index contributed by atoms with van der Waals surface area (Å²) in [5.41, 5.74) is 10.6. The minimum atomic E-state index is -0.0958. The van der Waals surface area contributed by atoms with Gasteiger partial charge in [-0.3, -0.25) is 0 Å². The standard InChI is InChI=1S/C6H16N2.C4H4O/c1-2-3-4-5-6(7)8;1-2-4-5-3-1/h6H,2-5,7-8H2,1H3;1-4H. The van der Waals surface area contributed by atoms with Crippen LogP contribution in [0.4, 0.5) is 0 Å². The van der Waals surface area contributed by atoms with Crippen LogP contribution < -0.4 is 11.5 Å². The second kappa shape index (κ2) is 9.29. The maximum Gasteiger partial charge on any atom is 0.0902 e. The first-order chi connectivity index (χ1) is 6.27. The quantitative estimate of drug-likeness (QED) is 0.556. The van der Waals surface area contributed by atoms with Gasteiger partial charge < -0.3 is 15.9 Å². The van der Waals surface area contributed by atoms with E-state index in [4.69, 9.17) is 11.5 Å². The SMILES string of the molecule is CCCCCC(N)N.c1ccoc1. The second-order valence-electron chi connectivity index (χ2n) is 2.95. The molecule has 0 aliphatic carbocycles. The molecule has 1 aromatic rings. The molecular formula is C10H20N2O. The zero-order chi connectivity index (χ0) is 9.94. The van der Waals surface area contributed by atoms with Crippen molar-refractivity contribution in [3.63, 3.8) is 0 Å². The highest BCUT2D eigenvalue weighted by atomic mass is 16.3. The summed E-state index contributed by atoms with van der Waals surface area (Å²) in [6, 6.07) is 3.67. The molecule has 1 aromatic heterocycles. The Morgan fingerprint density at radius 3 is 2.08 bits per heavy atom. The lowest BCUT2D eigenvalue weighted by Gasteiger charge is -2.01. The van der Waals surface area contributed by atoms with Crippen LogP contribution in [0.3, 0.4) is 0 Å². The Bertz CT molecular complexity index is 144. The molecule has 3 heteroatoms. The predicted octanol–water partition coefficient (Wildman–Crippen LogP) is 2.09. The Labute approximate surface area is 80.1 Å². The number of hydrogen-bond donors (Lipinski definition) is 2. The van der Waals surface area contributed by atoms with Gasteiger partial charge in [-0.05, 0) is 18.6 Å². The fraction of sp³-hybridized carbons (Fsp3) is 0.600. The van der Waals surface area contributed by atoms with Gasteiger partial charge in [0.1, 0.15) is 0 Å². The van der Waals surface area contributed by atoms with Crippen molar-refractivity contribution in [3.8, 4) is 0 Å². The molecule has 0 saturated heterocycles. The molecule has 0 fully saturated rings. The maximum absolute atomic E-state index is 5.31. The fourth-order valence-corrected chi connectivity index (χ4v) is 0.857. The molecule has 76 valence electrons. The molecule has 0 atom stereocenters. The molecule has 0 amide bonds. The van der Waals surface area contributed by atoms with Crippen LogP contribution in [0, 0.1) is 0 Å². The van der Waals surface area contributed by atoms with Crippen molar-refractivity contribution in [3.05, 3.63) is 24.7 Å². The number of rotatable bonds is 4. The zero-order valence-corrected chi connectivity index (χ0v) is 8.28. The van der Waals surface area contributed by atoms with Crippen LogP contribution in [0.2, 0.25) is 0 Å². The van der Waals surface area contributed by atoms with E-state index in [1.54, 1.807) is 12.5 Å². The molecule has 1 rings (SSSR count). The average Bonchev–Trinajstić information content (AvgIpc) is 2.61. The van der Waals surface area contributed by atoms with Crippen molar-refractivity contribution in [1.82, 2.24) is 0 Å². The van der Waals surface area contributed by atoms with Crippen molar-refractivity contribution < 1.29 is 4.42 Å². The van der Waals surface area contributed by atoms with Gasteiger partial charge in [-0.15, -0.1) is 0 Å². The van der Waals surface area contributed by atoms with Crippen molar-refractivity contribution in [2.75, 3.05) is 0 Å². The summed E-state index contributed by atoms with van der Waals surface area (Å²) >= 11 is 0. The third-order valence-electron chi connectivity index (χ3n) is 1.57. The third kappa shape index (κ3) is 11.2. The molecule has 0 radical (unpaired) electrons. The molecule has 0 unspecified atom stereocenters. The molecule has 0 saturated carbocycles. The van der Waals surface area contributed by atoms with Gasteiger partial charge in [-0.25, -0.2) is 0 Å². The average molecular weight is 184 g/mol. The van der Waals surface area contributed by atoms with Crippen LogP contribution in [0.1, 0.15) is 32.6 Å². The van der Waals surface area contributed by atoms with E-state index in [1.807, 2.05) is 12.1 Å². The van der Waals surface area contributed by atoms with E-state index in [2.05, 4.69) is 11.3 Å². The highest BCUT2D eigenvalue weighted by Gasteiger charge is 1.90. The summed E-state index contributed by atoms with van der Waals surface area (Å²) in [5.74, 6) is 0. The summed E-state index contributed by atoms with van der Waals surface area (Å²) in [6.45, 7) is 2.17. The van der Waals surface area contributed by atoms with E-state index in [-0.39, 0.29) is 6.17 Å². The maximum atomic E-state index is 5.31. The van der Waals surface area contributed by atoms with E-state index in [9.17, 15) is 0 Å². The summed E-state index contributed by atoms with van der Waals surface area (Å²) < 4.78 is 4.58. The molecular weight excluding hydrogens is 164 g/mol. The van der Waals surface area contributed by atoms with Crippen LogP contribution in [0.5, 0.6) is 0 Å². The number of unbranched alkanes of at least 4 members (excludes halogenated alkanes) is 2. The molecule has 4 N–H and O–H groups in total. The Kier molecular flexibility index (Phi) is 8.72. The summed E-state index contributed by atoms with van der Waals surface area (Å²) in [4.78, 5) is 0. The van der Waals surface area contributed by atoms with Crippen molar-refractivity contribution in [2.24, 2.45) is 11.5 Å². The number of furan rings is 1. The summed E-state index contributed by atoms with van der Waals surface area (Å²) in [6.07, 6.45) is 7.79. The second-order valence-corrected chi connectivity index (χ2v) is 2.95. The Balaban J connectivity index is 0.000000243. The lowest BCUT2D eigenvalue weighted by Crippen LogP contribution is -2.29. The normalized spacial score (nSPS) is 9.54. The van der Waals surface area contributed by atoms with Gasteiger partial charge in [0.25, 0.3) is 0 Å². The van der Waals surface area contributed by atoms with Crippen molar-refractivity contribution in [1.29, 1.82) is 0 Å². The van der Waals surface area contributed by atoms with Crippen LogP contribution >= 0.6 is 0 Å². The van der Waals surface area contributed by atoms with Crippen LogP contribution in [-0.2, 0) is 0 Å². The van der Waals surface area contributed by atoms with Gasteiger partial charge in [0.2, 0.25) is 0 Å². The minimum Gasteiger partial charge on any atom is -0.473 e. The molecule has 0 aliphatic heterocycles. The van der Waals surface area contributed by atoms with Gasteiger partial charge in [-0.2, -0.15) is 0 Å².